The third-order valence-electron chi connectivity index (χ3n) is 3.81. The number of halogens is 1. The number of nitrogens with one attached hydrogen (secondary N) is 2. The lowest BCUT2D eigenvalue weighted by atomic mass is 10.1. The van der Waals surface area contributed by atoms with Gasteiger partial charge in [-0.3, -0.25) is 0 Å². The van der Waals surface area contributed by atoms with Crippen LogP contribution in [0.5, 0.6) is 0 Å². The Morgan fingerprint density at radius 3 is 3.04 bits per heavy atom. The number of hydrogen-bond donors (Lipinski definition) is 2. The molecule has 0 radical (unpaired) electrons. The summed E-state index contributed by atoms with van der Waals surface area (Å²) < 4.78 is 15.4. The van der Waals surface area contributed by atoms with Crippen LogP contribution in [0.3, 0.4) is 0 Å². The summed E-state index contributed by atoms with van der Waals surface area (Å²) in [4.78, 5) is 11.9. The molecule has 4 heterocycles. The molecule has 4 aromatic rings. The van der Waals surface area contributed by atoms with E-state index in [1.54, 1.807) is 12.4 Å². The van der Waals surface area contributed by atoms with Gasteiger partial charge in [-0.05, 0) is 37.6 Å². The molecule has 0 saturated carbocycles. The van der Waals surface area contributed by atoms with Crippen molar-refractivity contribution in [2.24, 2.45) is 0 Å². The van der Waals surface area contributed by atoms with E-state index in [0.29, 0.717) is 11.6 Å². The number of fused-ring (bicyclic) bond motifs is 2. The number of aromatic nitrogens is 5. The second-order valence-electron chi connectivity index (χ2n) is 6.35. The zero-order valence-electron chi connectivity index (χ0n) is 13.4. The van der Waals surface area contributed by atoms with Crippen molar-refractivity contribution in [3.05, 3.63) is 43.0 Å². The van der Waals surface area contributed by atoms with Crippen molar-refractivity contribution >= 4 is 22.5 Å². The molecule has 0 aliphatic rings. The normalized spacial score (nSPS) is 12.1. The van der Waals surface area contributed by atoms with E-state index in [0.717, 1.165) is 22.0 Å². The molecule has 122 valence electrons. The Morgan fingerprint density at radius 1 is 1.33 bits per heavy atom. The molecule has 0 atom stereocenters. The minimum Gasteiger partial charge on any atom is -0.351 e. The second kappa shape index (κ2) is 5.30. The number of pyridine rings is 1. The molecule has 0 unspecified atom stereocenters. The first-order chi connectivity index (χ1) is 11.5. The van der Waals surface area contributed by atoms with E-state index in [9.17, 15) is 4.39 Å². The monoisotopic (exact) mass is 324 g/mol. The van der Waals surface area contributed by atoms with Crippen LogP contribution in [-0.2, 0) is 0 Å². The van der Waals surface area contributed by atoms with Gasteiger partial charge in [0.2, 0.25) is 5.95 Å². The lowest BCUT2D eigenvalue weighted by molar-refractivity contribution is 0.234. The molecule has 4 aromatic heterocycles. The molecule has 0 amide bonds. The Labute approximate surface area is 137 Å². The molecular formula is C17H17FN6. The highest BCUT2D eigenvalue weighted by molar-refractivity contribution is 5.94. The summed E-state index contributed by atoms with van der Waals surface area (Å²) in [5.74, 6) is 0.410. The van der Waals surface area contributed by atoms with Gasteiger partial charge in [-0.2, -0.15) is 10.1 Å². The predicted octanol–water partition coefficient (Wildman–Crippen LogP) is 3.43. The standard InChI is InChI=1S/C17H17FN6/c1-17(2,18)10-21-16-20-9-14-13(8-19-15(14)23-16)11-4-6-24-12(7-11)3-5-22-24/h3-9H,10H2,1-2H3,(H2,19,20,21,23). The van der Waals surface area contributed by atoms with Crippen molar-refractivity contribution in [3.8, 4) is 11.1 Å². The largest absolute Gasteiger partial charge is 0.351 e. The van der Waals surface area contributed by atoms with Crippen molar-refractivity contribution in [1.82, 2.24) is 24.6 Å². The molecule has 0 aliphatic carbocycles. The number of rotatable bonds is 4. The van der Waals surface area contributed by atoms with Gasteiger partial charge >= 0.3 is 0 Å². The van der Waals surface area contributed by atoms with Gasteiger partial charge in [0, 0.05) is 35.7 Å². The summed E-state index contributed by atoms with van der Waals surface area (Å²) in [5, 5.41) is 8.04. The predicted molar refractivity (Wildman–Crippen MR) is 91.8 cm³/mol. The first kappa shape index (κ1) is 14.6. The Hall–Kier alpha value is -2.96. The molecule has 0 spiro atoms. The van der Waals surface area contributed by atoms with Gasteiger partial charge in [-0.25, -0.2) is 13.9 Å². The van der Waals surface area contributed by atoms with Crippen molar-refractivity contribution in [3.63, 3.8) is 0 Å². The number of hydrogen-bond acceptors (Lipinski definition) is 4. The Kier molecular flexibility index (Phi) is 3.23. The van der Waals surface area contributed by atoms with E-state index in [2.05, 4.69) is 31.4 Å². The van der Waals surface area contributed by atoms with Crippen molar-refractivity contribution in [2.75, 3.05) is 11.9 Å². The first-order valence-electron chi connectivity index (χ1n) is 7.70. The fraction of sp³-hybridized carbons (Fsp3) is 0.235. The van der Waals surface area contributed by atoms with Gasteiger partial charge in [0.25, 0.3) is 0 Å². The Bertz CT molecular complexity index is 1010. The van der Waals surface area contributed by atoms with E-state index < -0.39 is 5.67 Å². The maximum atomic E-state index is 13.6. The maximum Gasteiger partial charge on any atom is 0.224 e. The van der Waals surface area contributed by atoms with Gasteiger partial charge in [0.15, 0.2) is 0 Å². The van der Waals surface area contributed by atoms with Crippen LogP contribution in [0.2, 0.25) is 0 Å². The molecule has 0 bridgehead atoms. The lowest BCUT2D eigenvalue weighted by Crippen LogP contribution is -2.25. The lowest BCUT2D eigenvalue weighted by Gasteiger charge is -2.14. The van der Waals surface area contributed by atoms with Crippen LogP contribution < -0.4 is 5.32 Å². The van der Waals surface area contributed by atoms with Gasteiger partial charge in [-0.15, -0.1) is 0 Å². The van der Waals surface area contributed by atoms with Crippen LogP contribution in [0.25, 0.3) is 27.7 Å². The van der Waals surface area contributed by atoms with E-state index in [1.807, 2.05) is 29.0 Å². The topological polar surface area (TPSA) is 70.9 Å². The fourth-order valence-electron chi connectivity index (χ4n) is 2.61. The Morgan fingerprint density at radius 2 is 2.21 bits per heavy atom. The van der Waals surface area contributed by atoms with Crippen LogP contribution in [0.1, 0.15) is 13.8 Å². The third kappa shape index (κ3) is 2.68. The molecule has 0 aromatic carbocycles. The van der Waals surface area contributed by atoms with Gasteiger partial charge in [0.05, 0.1) is 12.1 Å². The van der Waals surface area contributed by atoms with Gasteiger partial charge in [0.1, 0.15) is 11.3 Å². The van der Waals surface area contributed by atoms with Crippen molar-refractivity contribution in [2.45, 2.75) is 19.5 Å². The fourth-order valence-corrected chi connectivity index (χ4v) is 2.61. The van der Waals surface area contributed by atoms with E-state index in [-0.39, 0.29) is 6.54 Å². The quantitative estimate of drug-likeness (QED) is 0.603. The van der Waals surface area contributed by atoms with Crippen LogP contribution >= 0.6 is 0 Å². The molecule has 7 heteroatoms. The van der Waals surface area contributed by atoms with Gasteiger partial charge in [-0.1, -0.05) is 0 Å². The zero-order valence-corrected chi connectivity index (χ0v) is 13.4. The molecule has 0 fully saturated rings. The highest BCUT2D eigenvalue weighted by atomic mass is 19.1. The summed E-state index contributed by atoms with van der Waals surface area (Å²) in [6.07, 6.45) is 7.35. The third-order valence-corrected chi connectivity index (χ3v) is 3.81. The summed E-state index contributed by atoms with van der Waals surface area (Å²) in [6.45, 7) is 3.18. The number of nitrogens with zero attached hydrogens (tertiary/aromatic N) is 4. The summed E-state index contributed by atoms with van der Waals surface area (Å²) in [7, 11) is 0. The smallest absolute Gasteiger partial charge is 0.224 e. The molecule has 0 aliphatic heterocycles. The summed E-state index contributed by atoms with van der Waals surface area (Å²) >= 11 is 0. The van der Waals surface area contributed by atoms with Crippen LogP contribution in [0.15, 0.2) is 43.0 Å². The second-order valence-corrected chi connectivity index (χ2v) is 6.35. The van der Waals surface area contributed by atoms with E-state index in [4.69, 9.17) is 0 Å². The number of alkyl halides is 1. The average molecular weight is 324 g/mol. The van der Waals surface area contributed by atoms with Crippen molar-refractivity contribution < 1.29 is 4.39 Å². The SMILES string of the molecule is CC(C)(F)CNc1ncc2c(-c3ccn4nccc4c3)c[nH]c2n1. The van der Waals surface area contributed by atoms with Crippen molar-refractivity contribution in [1.29, 1.82) is 0 Å². The zero-order chi connectivity index (χ0) is 16.7. The molecule has 2 N–H and O–H groups in total. The molecular weight excluding hydrogens is 307 g/mol. The first-order valence-corrected chi connectivity index (χ1v) is 7.70. The number of anilines is 1. The minimum absolute atomic E-state index is 0.157. The van der Waals surface area contributed by atoms with Crippen LogP contribution in [-0.4, -0.2) is 36.8 Å². The van der Waals surface area contributed by atoms with Crippen LogP contribution in [0.4, 0.5) is 10.3 Å². The van der Waals surface area contributed by atoms with E-state index >= 15 is 0 Å². The summed E-state index contributed by atoms with van der Waals surface area (Å²) in [5.41, 5.74) is 2.49. The maximum absolute atomic E-state index is 13.6. The molecule has 0 saturated heterocycles. The van der Waals surface area contributed by atoms with Crippen LogP contribution in [0, 0.1) is 0 Å². The Balaban J connectivity index is 1.69. The number of H-pyrrole nitrogens is 1. The minimum atomic E-state index is -1.32. The highest BCUT2D eigenvalue weighted by Gasteiger charge is 2.16. The molecule has 4 rings (SSSR count). The number of aromatic amines is 1. The summed E-state index contributed by atoms with van der Waals surface area (Å²) in [6, 6.07) is 6.02. The van der Waals surface area contributed by atoms with E-state index in [1.165, 1.54) is 13.8 Å². The molecule has 24 heavy (non-hydrogen) atoms. The average Bonchev–Trinajstić information content (AvgIpc) is 3.17. The highest BCUT2D eigenvalue weighted by Crippen LogP contribution is 2.28. The molecule has 6 nitrogen and oxygen atoms in total. The van der Waals surface area contributed by atoms with Gasteiger partial charge < -0.3 is 10.3 Å².